The van der Waals surface area contributed by atoms with Crippen molar-refractivity contribution in [2.24, 2.45) is 5.92 Å². The topological polar surface area (TPSA) is 89.6 Å². The Morgan fingerprint density at radius 1 is 1.03 bits per heavy atom. The molecule has 2 aromatic rings. The number of rotatable bonds is 7. The van der Waals surface area contributed by atoms with Gasteiger partial charge in [-0.2, -0.15) is 0 Å². The number of nitrogens with zero attached hydrogens (tertiary/aromatic N) is 2. The summed E-state index contributed by atoms with van der Waals surface area (Å²) >= 11 is 0. The Hall–Kier alpha value is -3.46. The maximum Gasteiger partial charge on any atom is 0.231 e. The lowest BCUT2D eigenvalue weighted by atomic mass is 9.93. The van der Waals surface area contributed by atoms with E-state index < -0.39 is 0 Å². The first kappa shape index (κ1) is 24.2. The second-order valence-corrected chi connectivity index (χ2v) is 9.49. The van der Waals surface area contributed by atoms with Crippen LogP contribution in [0.3, 0.4) is 0 Å². The van der Waals surface area contributed by atoms with E-state index >= 15 is 0 Å². The first-order chi connectivity index (χ1) is 17.5. The molecule has 2 amide bonds. The molecule has 5 rings (SSSR count). The molecule has 0 radical (unpaired) electrons. The van der Waals surface area contributed by atoms with E-state index in [0.717, 1.165) is 37.1 Å². The van der Waals surface area contributed by atoms with Gasteiger partial charge in [0.25, 0.3) is 0 Å². The summed E-state index contributed by atoms with van der Waals surface area (Å²) in [6.45, 7) is 3.71. The average Bonchev–Trinajstić information content (AvgIpc) is 3.38. The molecular weight excluding hydrogens is 462 g/mol. The number of benzene rings is 2. The quantitative estimate of drug-likeness (QED) is 0.632. The molecule has 0 aromatic heterocycles. The highest BCUT2D eigenvalue weighted by atomic mass is 16.7. The third kappa shape index (κ3) is 5.21. The molecule has 9 nitrogen and oxygen atoms in total. The second-order valence-electron chi connectivity index (χ2n) is 9.49. The van der Waals surface area contributed by atoms with Gasteiger partial charge in [0.15, 0.2) is 23.0 Å². The molecule has 3 heterocycles. The number of piperidine rings is 1. The smallest absolute Gasteiger partial charge is 0.231 e. The second kappa shape index (κ2) is 10.7. The Morgan fingerprint density at radius 3 is 2.61 bits per heavy atom. The van der Waals surface area contributed by atoms with E-state index in [4.69, 9.17) is 18.9 Å². The first-order valence-corrected chi connectivity index (χ1v) is 12.5. The predicted octanol–water partition coefficient (Wildman–Crippen LogP) is 3.06. The Kier molecular flexibility index (Phi) is 7.18. The van der Waals surface area contributed by atoms with Crippen LogP contribution >= 0.6 is 0 Å². The van der Waals surface area contributed by atoms with Crippen molar-refractivity contribution in [2.45, 2.75) is 32.2 Å². The number of carbonyl (C=O) groups excluding carboxylic acids is 2. The third-order valence-electron chi connectivity index (χ3n) is 7.20. The largest absolute Gasteiger partial charge is 0.493 e. The summed E-state index contributed by atoms with van der Waals surface area (Å²) in [5, 5.41) is 2.93. The van der Waals surface area contributed by atoms with Crippen LogP contribution in [0.5, 0.6) is 23.0 Å². The Morgan fingerprint density at radius 2 is 1.81 bits per heavy atom. The molecule has 3 aliphatic heterocycles. The molecule has 0 bridgehead atoms. The first-order valence-electron chi connectivity index (χ1n) is 12.5. The van der Waals surface area contributed by atoms with Gasteiger partial charge in [0.1, 0.15) is 0 Å². The molecule has 0 aliphatic carbocycles. The molecule has 3 aliphatic rings. The maximum atomic E-state index is 13.4. The minimum atomic E-state index is -0.0562. The van der Waals surface area contributed by atoms with Crippen LogP contribution in [0, 0.1) is 5.92 Å². The molecule has 192 valence electrons. The molecular formula is C27H33N3O6. The van der Waals surface area contributed by atoms with Crippen molar-refractivity contribution < 1.29 is 28.5 Å². The fraction of sp³-hybridized carbons (Fsp3) is 0.481. The summed E-state index contributed by atoms with van der Waals surface area (Å²) in [7, 11) is 3.26. The zero-order valence-corrected chi connectivity index (χ0v) is 20.9. The Balaban J connectivity index is 1.13. The van der Waals surface area contributed by atoms with Gasteiger partial charge in [-0.25, -0.2) is 0 Å². The maximum absolute atomic E-state index is 13.4. The van der Waals surface area contributed by atoms with E-state index in [1.54, 1.807) is 26.4 Å². The SMILES string of the molecule is COc1cc2c(cc1OC)CN(C(=O)[C@@H]1CCCN(CCC(=O)Nc3ccc4c(c3)OCO4)C1)CC2. The van der Waals surface area contributed by atoms with Crippen molar-refractivity contribution in [2.75, 3.05) is 52.5 Å². The number of ether oxygens (including phenoxy) is 4. The zero-order valence-electron chi connectivity index (χ0n) is 20.9. The highest BCUT2D eigenvalue weighted by Gasteiger charge is 2.31. The van der Waals surface area contributed by atoms with Crippen LogP contribution in [0.25, 0.3) is 0 Å². The standard InChI is InChI=1S/C27H33N3O6/c1-33-23-12-18-7-11-30(16-20(18)13-24(23)34-2)27(32)19-4-3-9-29(15-19)10-8-26(31)28-21-5-6-22-25(14-21)36-17-35-22/h5-6,12-14,19H,3-4,7-11,15-17H2,1-2H3,(H,28,31)/t19-/m1/s1. The summed E-state index contributed by atoms with van der Waals surface area (Å²) in [5.41, 5.74) is 3.01. The highest BCUT2D eigenvalue weighted by Crippen LogP contribution is 2.35. The van der Waals surface area contributed by atoms with Crippen molar-refractivity contribution >= 4 is 17.5 Å². The van der Waals surface area contributed by atoms with E-state index in [1.807, 2.05) is 23.1 Å². The number of anilines is 1. The number of nitrogens with one attached hydrogen (secondary N) is 1. The van der Waals surface area contributed by atoms with Crippen molar-refractivity contribution in [1.82, 2.24) is 9.80 Å². The number of likely N-dealkylation sites (tertiary alicyclic amines) is 1. The lowest BCUT2D eigenvalue weighted by Gasteiger charge is -2.36. The molecule has 1 N–H and O–H groups in total. The number of hydrogen-bond donors (Lipinski definition) is 1. The van der Waals surface area contributed by atoms with Crippen LogP contribution in [0.15, 0.2) is 30.3 Å². The summed E-state index contributed by atoms with van der Waals surface area (Å²) < 4.78 is 21.6. The van der Waals surface area contributed by atoms with Crippen LogP contribution in [0.4, 0.5) is 5.69 Å². The minimum Gasteiger partial charge on any atom is -0.493 e. The van der Waals surface area contributed by atoms with Crippen molar-refractivity contribution in [3.63, 3.8) is 0 Å². The molecule has 0 saturated carbocycles. The van der Waals surface area contributed by atoms with Gasteiger partial charge in [0, 0.05) is 44.4 Å². The van der Waals surface area contributed by atoms with Gasteiger partial charge in [-0.1, -0.05) is 0 Å². The summed E-state index contributed by atoms with van der Waals surface area (Å²) in [6.07, 6.45) is 3.01. The van der Waals surface area contributed by atoms with Crippen LogP contribution in [-0.4, -0.2) is 68.8 Å². The van der Waals surface area contributed by atoms with E-state index in [9.17, 15) is 9.59 Å². The van der Waals surface area contributed by atoms with Crippen molar-refractivity contribution in [3.8, 4) is 23.0 Å². The zero-order chi connectivity index (χ0) is 25.1. The van der Waals surface area contributed by atoms with E-state index in [-0.39, 0.29) is 24.5 Å². The van der Waals surface area contributed by atoms with Gasteiger partial charge in [0.2, 0.25) is 18.6 Å². The molecule has 1 fully saturated rings. The predicted molar refractivity (Wildman–Crippen MR) is 134 cm³/mol. The van der Waals surface area contributed by atoms with Gasteiger partial charge in [-0.05, 0) is 61.2 Å². The van der Waals surface area contributed by atoms with Gasteiger partial charge >= 0.3 is 0 Å². The highest BCUT2D eigenvalue weighted by molar-refractivity contribution is 5.91. The van der Waals surface area contributed by atoms with Crippen molar-refractivity contribution in [1.29, 1.82) is 0 Å². The lowest BCUT2D eigenvalue weighted by molar-refractivity contribution is -0.138. The number of amides is 2. The monoisotopic (exact) mass is 495 g/mol. The molecule has 9 heteroatoms. The third-order valence-corrected chi connectivity index (χ3v) is 7.20. The number of fused-ring (bicyclic) bond motifs is 2. The van der Waals surface area contributed by atoms with E-state index in [2.05, 4.69) is 10.2 Å². The van der Waals surface area contributed by atoms with Gasteiger partial charge < -0.3 is 34.1 Å². The molecule has 36 heavy (non-hydrogen) atoms. The normalized spacial score (nSPS) is 18.9. The lowest BCUT2D eigenvalue weighted by Crippen LogP contribution is -2.46. The summed E-state index contributed by atoms with van der Waals surface area (Å²) in [5.74, 6) is 2.84. The molecule has 1 saturated heterocycles. The average molecular weight is 496 g/mol. The van der Waals surface area contributed by atoms with Crippen LogP contribution in [-0.2, 0) is 22.6 Å². The van der Waals surface area contributed by atoms with E-state index in [1.165, 1.54) is 5.56 Å². The summed E-state index contributed by atoms with van der Waals surface area (Å²) in [4.78, 5) is 30.1. The molecule has 0 spiro atoms. The number of hydrogen-bond acceptors (Lipinski definition) is 7. The Bertz CT molecular complexity index is 1140. The van der Waals surface area contributed by atoms with Crippen molar-refractivity contribution in [3.05, 3.63) is 41.5 Å². The van der Waals surface area contributed by atoms with Crippen LogP contribution in [0.2, 0.25) is 0 Å². The minimum absolute atomic E-state index is 0.0441. The Labute approximate surface area is 211 Å². The molecule has 1 atom stereocenters. The van der Waals surface area contributed by atoms with E-state index in [0.29, 0.717) is 55.5 Å². The number of methoxy groups -OCH3 is 2. The fourth-order valence-corrected chi connectivity index (χ4v) is 5.25. The molecule has 2 aromatic carbocycles. The fourth-order valence-electron chi connectivity index (χ4n) is 5.25. The molecule has 0 unspecified atom stereocenters. The van der Waals surface area contributed by atoms with Gasteiger partial charge in [-0.15, -0.1) is 0 Å². The number of carbonyl (C=O) groups is 2. The van der Waals surface area contributed by atoms with Gasteiger partial charge in [0.05, 0.1) is 20.1 Å². The summed E-state index contributed by atoms with van der Waals surface area (Å²) in [6, 6.07) is 9.39. The van der Waals surface area contributed by atoms with Crippen LogP contribution in [0.1, 0.15) is 30.4 Å². The van der Waals surface area contributed by atoms with Crippen LogP contribution < -0.4 is 24.3 Å². The van der Waals surface area contributed by atoms with Gasteiger partial charge in [-0.3, -0.25) is 9.59 Å².